The Morgan fingerprint density at radius 1 is 0.692 bits per heavy atom. The molecule has 65 heavy (non-hydrogen) atoms. The van der Waals surface area contributed by atoms with E-state index < -0.39 is 41.7 Å². The number of carboxylic acids is 1. The van der Waals surface area contributed by atoms with Crippen molar-refractivity contribution in [3.63, 3.8) is 0 Å². The molecule has 5 rings (SSSR count). The second-order valence-electron chi connectivity index (χ2n) is 17.1. The van der Waals surface area contributed by atoms with Crippen molar-refractivity contribution in [3.8, 4) is 0 Å². The lowest BCUT2D eigenvalue weighted by Gasteiger charge is -2.37. The van der Waals surface area contributed by atoms with Gasteiger partial charge in [-0.2, -0.15) is 0 Å². The summed E-state index contributed by atoms with van der Waals surface area (Å²) >= 11 is 0. The van der Waals surface area contributed by atoms with E-state index in [4.69, 9.17) is 14.6 Å². The van der Waals surface area contributed by atoms with E-state index >= 15 is 0 Å². The van der Waals surface area contributed by atoms with Crippen molar-refractivity contribution >= 4 is 35.6 Å². The summed E-state index contributed by atoms with van der Waals surface area (Å²) in [5.41, 5.74) is 5.06. The number of benzene rings is 2. The second-order valence-corrected chi connectivity index (χ2v) is 17.1. The number of aryl methyl sites for hydroxylation is 2. The Labute approximate surface area is 387 Å². The van der Waals surface area contributed by atoms with Crippen molar-refractivity contribution in [1.82, 2.24) is 4.98 Å². The van der Waals surface area contributed by atoms with Crippen molar-refractivity contribution in [2.75, 3.05) is 32.2 Å². The Kier molecular flexibility index (Phi) is 26.6. The molecule has 0 bridgehead atoms. The topological polar surface area (TPSA) is 177 Å². The molecule has 1 heterocycles. The highest BCUT2D eigenvalue weighted by Gasteiger charge is 2.38. The van der Waals surface area contributed by atoms with Gasteiger partial charge >= 0.3 is 23.9 Å². The van der Waals surface area contributed by atoms with E-state index in [-0.39, 0.29) is 17.8 Å². The summed E-state index contributed by atoms with van der Waals surface area (Å²) < 4.78 is 14.9. The van der Waals surface area contributed by atoms with Crippen molar-refractivity contribution in [3.05, 3.63) is 120 Å². The third-order valence-corrected chi connectivity index (χ3v) is 9.97. The smallest absolute Gasteiger partial charge is 0.345 e. The van der Waals surface area contributed by atoms with Gasteiger partial charge in [-0.05, 0) is 117 Å². The lowest BCUT2D eigenvalue weighted by molar-refractivity contribution is -0.173. The van der Waals surface area contributed by atoms with E-state index in [0.717, 1.165) is 68.9 Å². The van der Waals surface area contributed by atoms with Crippen molar-refractivity contribution in [2.24, 2.45) is 9.98 Å². The number of carbonyl (C=O) groups excluding carboxylic acids is 3. The molecule has 0 saturated heterocycles. The zero-order chi connectivity index (χ0) is 49.0. The Balaban J connectivity index is 0.000000433. The number of hydrogen-bond acceptors (Lipinski definition) is 12. The first-order valence-electron chi connectivity index (χ1n) is 22.3. The number of pyridine rings is 1. The first kappa shape index (κ1) is 57.1. The van der Waals surface area contributed by atoms with Crippen LogP contribution in [0.5, 0.6) is 0 Å². The van der Waals surface area contributed by atoms with Gasteiger partial charge < -0.3 is 29.3 Å². The average molecular weight is 899 g/mol. The van der Waals surface area contributed by atoms with Gasteiger partial charge in [-0.25, -0.2) is 29.2 Å². The van der Waals surface area contributed by atoms with Crippen LogP contribution >= 0.6 is 0 Å². The van der Waals surface area contributed by atoms with Crippen LogP contribution in [-0.4, -0.2) is 84.5 Å². The highest BCUT2D eigenvalue weighted by molar-refractivity contribution is 5.89. The van der Waals surface area contributed by atoms with Gasteiger partial charge in [-0.1, -0.05) is 98.5 Å². The molecule has 13 heteroatoms. The zero-order valence-corrected chi connectivity index (χ0v) is 40.5. The fourth-order valence-electron chi connectivity index (χ4n) is 6.37. The summed E-state index contributed by atoms with van der Waals surface area (Å²) in [6, 6.07) is 23.6. The van der Waals surface area contributed by atoms with Crippen LogP contribution in [-0.2, 0) is 44.6 Å². The molecule has 0 aliphatic heterocycles. The predicted octanol–water partition coefficient (Wildman–Crippen LogP) is 10.3. The molecule has 13 nitrogen and oxygen atoms in total. The third kappa shape index (κ3) is 24.1. The summed E-state index contributed by atoms with van der Waals surface area (Å²) in [5.74, 6) is -2.94. The summed E-state index contributed by atoms with van der Waals surface area (Å²) in [6.07, 6.45) is 13.8. The predicted molar refractivity (Wildman–Crippen MR) is 258 cm³/mol. The van der Waals surface area contributed by atoms with Gasteiger partial charge in [0.15, 0.2) is 13.2 Å². The van der Waals surface area contributed by atoms with E-state index in [0.29, 0.717) is 12.1 Å². The number of aliphatic imine (C=N–C) groups is 2. The molecule has 2 aliphatic carbocycles. The molecular formula is C52H74N4O9. The van der Waals surface area contributed by atoms with Crippen LogP contribution in [0, 0.1) is 13.8 Å². The number of hydrogen-bond donors (Lipinski definition) is 2. The Morgan fingerprint density at radius 3 is 1.49 bits per heavy atom. The first-order chi connectivity index (χ1) is 30.6. The molecule has 0 unspecified atom stereocenters. The van der Waals surface area contributed by atoms with E-state index in [1.807, 2.05) is 90.0 Å². The molecule has 1 aromatic heterocycles. The first-order valence-corrected chi connectivity index (χ1v) is 22.3. The number of aliphatic hydroxyl groups is 1. The van der Waals surface area contributed by atoms with Crippen LogP contribution in [0.15, 0.2) is 107 Å². The Morgan fingerprint density at radius 2 is 1.11 bits per heavy atom. The number of aromatic nitrogens is 1. The zero-order valence-electron chi connectivity index (χ0n) is 40.5. The molecule has 0 radical (unpaired) electrons. The average Bonchev–Trinajstić information content (AvgIpc) is 3.26. The number of esters is 3. The number of aliphatic carboxylic acids is 1. The molecule has 0 spiro atoms. The standard InChI is InChI=1S/C19H24O4.C13H18O.C7H10N2.C7H14N2.C6H8O4/c1-14(2)18(21)22-13-17(20)23-19(11-5-4-6-12-19)16-9-7-15(3)8-10-16;1-11-5-7-12(8-6-11)13(14)9-3-2-4-10-13;1-9(2)7-3-5-8-6-4-7;1-6(2)8-5-9-7(3)4;1-4(2)6(9)10-3-5(7)8/h7-10H,1,4-6,11-13H2,2-3H3;5-8,14H,2-4,9-10H2,1H3;3-6H,1-2H3;6-7H,1-4H3;1,3H2,2H3,(H,7,8). The van der Waals surface area contributed by atoms with Crippen LogP contribution in [0.25, 0.3) is 0 Å². The Hall–Kier alpha value is -5.91. The number of anilines is 1. The van der Waals surface area contributed by atoms with Gasteiger partial charge in [0.25, 0.3) is 0 Å². The highest BCUT2D eigenvalue weighted by Crippen LogP contribution is 2.41. The minimum absolute atomic E-state index is 0.196. The lowest BCUT2D eigenvalue weighted by Crippen LogP contribution is -2.36. The third-order valence-electron chi connectivity index (χ3n) is 9.97. The van der Waals surface area contributed by atoms with E-state index in [9.17, 15) is 24.3 Å². The molecular weight excluding hydrogens is 825 g/mol. The van der Waals surface area contributed by atoms with Crippen molar-refractivity contribution in [1.29, 1.82) is 0 Å². The monoisotopic (exact) mass is 899 g/mol. The fourth-order valence-corrected chi connectivity index (χ4v) is 6.37. The minimum Gasteiger partial charge on any atom is -0.479 e. The molecule has 2 aliphatic rings. The maximum Gasteiger partial charge on any atom is 0.345 e. The largest absolute Gasteiger partial charge is 0.479 e. The Bertz CT molecular complexity index is 1960. The highest BCUT2D eigenvalue weighted by atomic mass is 16.6. The van der Waals surface area contributed by atoms with Crippen molar-refractivity contribution in [2.45, 2.75) is 143 Å². The quantitative estimate of drug-likeness (QED) is 0.0765. The number of rotatable bonds is 12. The molecule has 0 amide bonds. The van der Waals surface area contributed by atoms with Gasteiger partial charge in [-0.15, -0.1) is 0 Å². The van der Waals surface area contributed by atoms with E-state index in [1.165, 1.54) is 30.2 Å². The van der Waals surface area contributed by atoms with E-state index in [2.05, 4.69) is 70.1 Å². The molecule has 2 aromatic carbocycles. The summed E-state index contributed by atoms with van der Waals surface area (Å²) in [5, 5.41) is 18.5. The van der Waals surface area contributed by atoms with E-state index in [1.54, 1.807) is 19.3 Å². The van der Waals surface area contributed by atoms with Crippen LogP contribution in [0.3, 0.4) is 0 Å². The summed E-state index contributed by atoms with van der Waals surface area (Å²) in [6.45, 7) is 20.9. The van der Waals surface area contributed by atoms with Crippen LogP contribution in [0.1, 0.15) is 128 Å². The van der Waals surface area contributed by atoms with Crippen LogP contribution in [0.4, 0.5) is 5.69 Å². The number of carbonyl (C=O) groups is 4. The maximum atomic E-state index is 12.2. The summed E-state index contributed by atoms with van der Waals surface area (Å²) in [7, 11) is 4.02. The van der Waals surface area contributed by atoms with Gasteiger partial charge in [0.05, 0.1) is 23.7 Å². The molecule has 2 N–H and O–H groups in total. The maximum absolute atomic E-state index is 12.2. The lowest BCUT2D eigenvalue weighted by atomic mass is 9.79. The van der Waals surface area contributed by atoms with Gasteiger partial charge in [0.2, 0.25) is 0 Å². The van der Waals surface area contributed by atoms with Crippen LogP contribution in [0.2, 0.25) is 0 Å². The minimum atomic E-state index is -1.17. The molecule has 356 valence electrons. The molecule has 2 fully saturated rings. The SMILES string of the molecule is C=C(C)C(=O)OCC(=O)O.C=C(C)C(=O)OCC(=O)OC1(c2ccc(C)cc2)CCCCC1.CC(C)N=C=NC(C)C.CN(C)c1ccncc1.Cc1ccc(C2(O)CCCCC2)cc1. The number of ether oxygens (including phenoxy) is 3. The summed E-state index contributed by atoms with van der Waals surface area (Å²) in [4.78, 5) is 57.7. The van der Waals surface area contributed by atoms with Gasteiger partial charge in [-0.3, -0.25) is 4.98 Å². The van der Waals surface area contributed by atoms with Gasteiger partial charge in [0, 0.05) is 43.3 Å². The molecule has 3 aromatic rings. The number of nitrogens with zero attached hydrogens (tertiary/aromatic N) is 4. The van der Waals surface area contributed by atoms with Crippen LogP contribution < -0.4 is 4.90 Å². The fraction of sp³-hybridized carbons (Fsp3) is 0.500. The van der Waals surface area contributed by atoms with Gasteiger partial charge in [0.1, 0.15) is 5.60 Å². The van der Waals surface area contributed by atoms with Crippen molar-refractivity contribution < 1.29 is 43.6 Å². The molecule has 2 saturated carbocycles. The number of carboxylic acid groups (broad SMARTS) is 1. The normalized spacial score (nSPS) is 14.2. The second kappa shape index (κ2) is 30.3. The molecule has 0 atom stereocenters.